The Morgan fingerprint density at radius 1 is 1.35 bits per heavy atom. The van der Waals surface area contributed by atoms with Gasteiger partial charge in [0.1, 0.15) is 11.4 Å². The molecule has 1 aliphatic heterocycles. The molecule has 1 aromatic heterocycles. The van der Waals surface area contributed by atoms with Crippen LogP contribution in [0.2, 0.25) is 0 Å². The zero-order valence-electron chi connectivity index (χ0n) is 15.9. The minimum atomic E-state index is -0.205. The van der Waals surface area contributed by atoms with Gasteiger partial charge in [-0.1, -0.05) is 18.2 Å². The third kappa shape index (κ3) is 4.77. The molecule has 26 heavy (non-hydrogen) atoms. The molecule has 1 unspecified atom stereocenters. The van der Waals surface area contributed by atoms with Crippen LogP contribution in [0, 0.1) is 0 Å². The number of rotatable bonds is 6. The number of aromatic nitrogens is 2. The van der Waals surface area contributed by atoms with Crippen molar-refractivity contribution in [3.05, 3.63) is 48.3 Å². The van der Waals surface area contributed by atoms with Crippen LogP contribution in [0.4, 0.5) is 0 Å². The monoisotopic (exact) mass is 355 g/mol. The maximum absolute atomic E-state index is 6.12. The summed E-state index contributed by atoms with van der Waals surface area (Å²) in [5.41, 5.74) is 0.984. The Bertz CT molecular complexity index is 724. The largest absolute Gasteiger partial charge is 0.487 e. The molecule has 3 rings (SSSR count). The molecule has 0 amide bonds. The summed E-state index contributed by atoms with van der Waals surface area (Å²) in [5.74, 6) is 1.81. The normalized spacial score (nSPS) is 18.7. The van der Waals surface area contributed by atoms with Crippen molar-refractivity contribution in [2.24, 2.45) is 4.99 Å². The molecule has 0 aliphatic carbocycles. The number of nitrogens with one attached hydrogen (secondary N) is 2. The van der Waals surface area contributed by atoms with Gasteiger partial charge in [0.25, 0.3) is 0 Å². The summed E-state index contributed by atoms with van der Waals surface area (Å²) in [6, 6.07) is 10.4. The topological polar surface area (TPSA) is 63.5 Å². The van der Waals surface area contributed by atoms with Crippen molar-refractivity contribution in [2.45, 2.75) is 51.8 Å². The predicted octanol–water partition coefficient (Wildman–Crippen LogP) is 3.13. The quantitative estimate of drug-likeness (QED) is 0.475. The summed E-state index contributed by atoms with van der Waals surface area (Å²) in [7, 11) is 0. The molecule has 1 aromatic carbocycles. The summed E-state index contributed by atoms with van der Waals surface area (Å²) in [4.78, 5) is 4.74. The number of aryl methyl sites for hydroxylation is 1. The molecule has 0 saturated heterocycles. The molecular formula is C20H29N5O. The first-order valence-corrected chi connectivity index (χ1v) is 9.37. The number of fused-ring (bicyclic) bond motifs is 1. The zero-order chi connectivity index (χ0) is 18.4. The smallest absolute Gasteiger partial charge is 0.191 e. The van der Waals surface area contributed by atoms with Gasteiger partial charge >= 0.3 is 0 Å². The maximum Gasteiger partial charge on any atom is 0.191 e. The lowest BCUT2D eigenvalue weighted by molar-refractivity contribution is 0.0694. The lowest BCUT2D eigenvalue weighted by Crippen LogP contribution is -2.45. The minimum Gasteiger partial charge on any atom is -0.487 e. The van der Waals surface area contributed by atoms with Crippen molar-refractivity contribution in [1.82, 2.24) is 20.4 Å². The van der Waals surface area contributed by atoms with Gasteiger partial charge < -0.3 is 15.4 Å². The van der Waals surface area contributed by atoms with Crippen LogP contribution in [0.1, 0.15) is 45.2 Å². The van der Waals surface area contributed by atoms with Crippen molar-refractivity contribution in [3.8, 4) is 5.75 Å². The molecule has 6 heteroatoms. The highest BCUT2D eigenvalue weighted by Gasteiger charge is 2.33. The number of para-hydroxylation sites is 1. The van der Waals surface area contributed by atoms with Crippen molar-refractivity contribution in [1.29, 1.82) is 0 Å². The fourth-order valence-corrected chi connectivity index (χ4v) is 3.27. The Morgan fingerprint density at radius 2 is 2.19 bits per heavy atom. The van der Waals surface area contributed by atoms with E-state index in [1.54, 1.807) is 6.20 Å². The Hall–Kier alpha value is -2.50. The highest BCUT2D eigenvalue weighted by atomic mass is 16.5. The molecule has 2 heterocycles. The van der Waals surface area contributed by atoms with Crippen LogP contribution in [0.15, 0.2) is 47.7 Å². The molecule has 2 N–H and O–H groups in total. The van der Waals surface area contributed by atoms with E-state index in [0.717, 1.165) is 44.2 Å². The molecule has 0 fully saturated rings. The van der Waals surface area contributed by atoms with Crippen LogP contribution in [-0.4, -0.2) is 34.4 Å². The summed E-state index contributed by atoms with van der Waals surface area (Å²) in [6.07, 6.45) is 5.63. The third-order valence-electron chi connectivity index (χ3n) is 4.41. The van der Waals surface area contributed by atoms with Crippen molar-refractivity contribution < 1.29 is 4.74 Å². The average Bonchev–Trinajstić information content (AvgIpc) is 3.11. The number of aliphatic imine (C=N–C) groups is 1. The van der Waals surface area contributed by atoms with Crippen LogP contribution in [-0.2, 0) is 6.54 Å². The third-order valence-corrected chi connectivity index (χ3v) is 4.41. The lowest BCUT2D eigenvalue weighted by Gasteiger charge is -2.38. The van der Waals surface area contributed by atoms with Gasteiger partial charge in [0.2, 0.25) is 0 Å². The van der Waals surface area contributed by atoms with Gasteiger partial charge in [-0.2, -0.15) is 5.10 Å². The number of hydrogen-bond acceptors (Lipinski definition) is 3. The maximum atomic E-state index is 6.12. The van der Waals surface area contributed by atoms with Crippen LogP contribution >= 0.6 is 0 Å². The number of nitrogens with zero attached hydrogens (tertiary/aromatic N) is 3. The van der Waals surface area contributed by atoms with E-state index in [1.165, 1.54) is 5.56 Å². The second kappa shape index (κ2) is 8.25. The van der Waals surface area contributed by atoms with E-state index in [1.807, 2.05) is 29.1 Å². The van der Waals surface area contributed by atoms with E-state index in [2.05, 4.69) is 48.6 Å². The van der Waals surface area contributed by atoms with Crippen LogP contribution in [0.3, 0.4) is 0 Å². The molecule has 1 atom stereocenters. The number of guanidine groups is 1. The standard InChI is InChI=1S/C20H29N5O/c1-4-21-19(22-11-7-13-25-14-8-12-23-25)24-17-15-20(2,3)26-18-10-6-5-9-16(17)18/h5-6,8-10,12,14,17H,4,7,11,13,15H2,1-3H3,(H2,21,22,24). The van der Waals surface area contributed by atoms with Gasteiger partial charge in [-0.05, 0) is 39.3 Å². The summed E-state index contributed by atoms with van der Waals surface area (Å²) in [5, 5.41) is 11.2. The Labute approximate surface area is 155 Å². The lowest BCUT2D eigenvalue weighted by atomic mass is 9.90. The van der Waals surface area contributed by atoms with E-state index >= 15 is 0 Å². The summed E-state index contributed by atoms with van der Waals surface area (Å²) >= 11 is 0. The molecule has 0 bridgehead atoms. The summed E-state index contributed by atoms with van der Waals surface area (Å²) < 4.78 is 8.06. The van der Waals surface area contributed by atoms with Crippen LogP contribution in [0.25, 0.3) is 0 Å². The van der Waals surface area contributed by atoms with Crippen LogP contribution < -0.4 is 15.4 Å². The Balaban J connectivity index is 1.65. The molecule has 2 aromatic rings. The fourth-order valence-electron chi connectivity index (χ4n) is 3.27. The van der Waals surface area contributed by atoms with E-state index in [9.17, 15) is 0 Å². The van der Waals surface area contributed by atoms with Gasteiger partial charge in [-0.25, -0.2) is 0 Å². The van der Waals surface area contributed by atoms with E-state index in [-0.39, 0.29) is 11.6 Å². The van der Waals surface area contributed by atoms with Crippen molar-refractivity contribution in [3.63, 3.8) is 0 Å². The second-order valence-electron chi connectivity index (χ2n) is 7.18. The van der Waals surface area contributed by atoms with Gasteiger partial charge in [0, 0.05) is 44.0 Å². The minimum absolute atomic E-state index is 0.180. The molecule has 0 spiro atoms. The van der Waals surface area contributed by atoms with Crippen LogP contribution in [0.5, 0.6) is 5.75 Å². The molecule has 6 nitrogen and oxygen atoms in total. The predicted molar refractivity (Wildman–Crippen MR) is 104 cm³/mol. The molecule has 0 radical (unpaired) electrons. The zero-order valence-corrected chi connectivity index (χ0v) is 15.9. The molecule has 0 saturated carbocycles. The average molecular weight is 355 g/mol. The first kappa shape index (κ1) is 18.3. The number of benzene rings is 1. The number of ether oxygens (including phenoxy) is 1. The SMILES string of the molecule is CCNC(=NCCCn1cccn1)NC1CC(C)(C)Oc2ccccc21. The van der Waals surface area contributed by atoms with Gasteiger partial charge in [0.05, 0.1) is 6.04 Å². The van der Waals surface area contributed by atoms with E-state index in [0.29, 0.717) is 0 Å². The number of hydrogen-bond donors (Lipinski definition) is 2. The van der Waals surface area contributed by atoms with Gasteiger partial charge in [-0.3, -0.25) is 9.67 Å². The Morgan fingerprint density at radius 3 is 2.96 bits per heavy atom. The van der Waals surface area contributed by atoms with Crippen molar-refractivity contribution in [2.75, 3.05) is 13.1 Å². The van der Waals surface area contributed by atoms with E-state index < -0.39 is 0 Å². The molecule has 140 valence electrons. The second-order valence-corrected chi connectivity index (χ2v) is 7.18. The van der Waals surface area contributed by atoms with Crippen molar-refractivity contribution >= 4 is 5.96 Å². The molecule has 1 aliphatic rings. The van der Waals surface area contributed by atoms with Gasteiger partial charge in [0.15, 0.2) is 5.96 Å². The Kier molecular flexibility index (Phi) is 5.81. The fraction of sp³-hybridized carbons (Fsp3) is 0.500. The van der Waals surface area contributed by atoms with Gasteiger partial charge in [-0.15, -0.1) is 0 Å². The molecular weight excluding hydrogens is 326 g/mol. The first-order valence-electron chi connectivity index (χ1n) is 9.37. The highest BCUT2D eigenvalue weighted by Crippen LogP contribution is 2.39. The summed E-state index contributed by atoms with van der Waals surface area (Å²) in [6.45, 7) is 8.81. The van der Waals surface area contributed by atoms with E-state index in [4.69, 9.17) is 9.73 Å². The highest BCUT2D eigenvalue weighted by molar-refractivity contribution is 5.80. The first-order chi connectivity index (χ1) is 12.6.